The van der Waals surface area contributed by atoms with Gasteiger partial charge in [-0.1, -0.05) is 20.8 Å². The molecule has 1 aliphatic heterocycles. The number of halogens is 3. The number of ether oxygens (including phenoxy) is 1. The third kappa shape index (κ3) is 3.58. The number of hydrogen-bond acceptors (Lipinski definition) is 5. The van der Waals surface area contributed by atoms with E-state index in [2.05, 4.69) is 36.1 Å². The maximum Gasteiger partial charge on any atom is 0.434 e. The van der Waals surface area contributed by atoms with Crippen molar-refractivity contribution in [2.45, 2.75) is 45.8 Å². The van der Waals surface area contributed by atoms with Crippen molar-refractivity contribution < 1.29 is 22.7 Å². The average Bonchev–Trinajstić information content (AvgIpc) is 2.68. The number of amides is 1. The average molecular weight is 412 g/mol. The quantitative estimate of drug-likeness (QED) is 0.824. The Labute approximate surface area is 168 Å². The summed E-state index contributed by atoms with van der Waals surface area (Å²) in [5.41, 5.74) is -1.41. The fourth-order valence-electron chi connectivity index (χ4n) is 5.27. The molecule has 3 saturated carbocycles. The number of hydrogen-bond donors (Lipinski definition) is 1. The van der Waals surface area contributed by atoms with Gasteiger partial charge in [-0.15, -0.1) is 0 Å². The number of carbonyl (C=O) groups excluding carboxylic acids is 1. The van der Waals surface area contributed by atoms with Crippen LogP contribution in [0.2, 0.25) is 0 Å². The van der Waals surface area contributed by atoms with Crippen LogP contribution >= 0.6 is 0 Å². The molecule has 0 radical (unpaired) electrons. The van der Waals surface area contributed by atoms with E-state index in [9.17, 15) is 18.0 Å². The number of alkyl halides is 3. The summed E-state index contributed by atoms with van der Waals surface area (Å²) in [6, 6.07) is 0.0358. The molecule has 1 aromatic heterocycles. The fourth-order valence-corrected chi connectivity index (χ4v) is 5.27. The summed E-state index contributed by atoms with van der Waals surface area (Å²) in [7, 11) is 0. The highest BCUT2D eigenvalue weighted by molar-refractivity contribution is 5.95. The summed E-state index contributed by atoms with van der Waals surface area (Å²) in [4.78, 5) is 21.8. The van der Waals surface area contributed by atoms with Gasteiger partial charge in [0.15, 0.2) is 5.69 Å². The number of nitrogens with one attached hydrogen (secondary N) is 1. The molecule has 3 aliphatic carbocycles. The van der Waals surface area contributed by atoms with E-state index in [0.29, 0.717) is 31.0 Å². The molecule has 2 heterocycles. The van der Waals surface area contributed by atoms with Crippen LogP contribution in [-0.2, 0) is 10.9 Å². The van der Waals surface area contributed by atoms with Gasteiger partial charge in [-0.3, -0.25) is 4.79 Å². The maximum atomic E-state index is 13.7. The van der Waals surface area contributed by atoms with Crippen molar-refractivity contribution in [3.8, 4) is 0 Å². The van der Waals surface area contributed by atoms with Gasteiger partial charge in [-0.25, -0.2) is 9.97 Å². The van der Waals surface area contributed by atoms with Gasteiger partial charge in [0, 0.05) is 25.3 Å². The zero-order valence-corrected chi connectivity index (χ0v) is 16.9. The lowest BCUT2D eigenvalue weighted by Crippen LogP contribution is -2.58. The lowest BCUT2D eigenvalue weighted by atomic mass is 9.45. The topological polar surface area (TPSA) is 67.4 Å². The smallest absolute Gasteiger partial charge is 0.378 e. The van der Waals surface area contributed by atoms with E-state index in [1.165, 1.54) is 11.3 Å². The first kappa shape index (κ1) is 20.4. The number of aromatic nitrogens is 2. The molecule has 5 rings (SSSR count). The molecular weight excluding hydrogens is 385 g/mol. The van der Waals surface area contributed by atoms with Gasteiger partial charge in [0.2, 0.25) is 5.95 Å². The Bertz CT molecular complexity index is 792. The first-order valence-corrected chi connectivity index (χ1v) is 10.2. The van der Waals surface area contributed by atoms with Crippen LogP contribution in [0.15, 0.2) is 6.20 Å². The standard InChI is InChI=1S/C20H27F3N4O2/c1-11-14-8-12(19(14,2)3)9-15(11)25-18-24-10-13(16(26-18)20(21,22)23)17(28)27-4-6-29-7-5-27/h10-12,14-15H,4-9H2,1-3H3,(H,24,25,26)/t11-,12+,14-,15-/m1/s1. The molecule has 1 amide bonds. The molecule has 1 N–H and O–H groups in total. The van der Waals surface area contributed by atoms with Gasteiger partial charge in [0.05, 0.1) is 18.8 Å². The van der Waals surface area contributed by atoms with Crippen molar-refractivity contribution >= 4 is 11.9 Å². The molecule has 9 heteroatoms. The molecule has 4 fully saturated rings. The summed E-state index contributed by atoms with van der Waals surface area (Å²) in [6.07, 6.45) is -1.66. The molecule has 0 spiro atoms. The molecule has 2 bridgehead atoms. The first-order valence-electron chi connectivity index (χ1n) is 10.2. The van der Waals surface area contributed by atoms with E-state index in [4.69, 9.17) is 4.74 Å². The molecule has 4 aliphatic rings. The van der Waals surface area contributed by atoms with Crippen molar-refractivity contribution in [1.82, 2.24) is 14.9 Å². The van der Waals surface area contributed by atoms with Crippen molar-refractivity contribution in [2.24, 2.45) is 23.2 Å². The van der Waals surface area contributed by atoms with Crippen LogP contribution in [0.5, 0.6) is 0 Å². The van der Waals surface area contributed by atoms with Crippen LogP contribution in [-0.4, -0.2) is 53.1 Å². The minimum atomic E-state index is -4.74. The zero-order chi connectivity index (χ0) is 21.0. The second-order valence-electron chi connectivity index (χ2n) is 9.06. The van der Waals surface area contributed by atoms with E-state index in [1.54, 1.807) is 0 Å². The molecular formula is C20H27F3N4O2. The summed E-state index contributed by atoms with van der Waals surface area (Å²) in [6.45, 7) is 7.81. The summed E-state index contributed by atoms with van der Waals surface area (Å²) < 4.78 is 46.2. The van der Waals surface area contributed by atoms with Crippen LogP contribution in [0, 0.1) is 23.2 Å². The molecule has 1 saturated heterocycles. The van der Waals surface area contributed by atoms with E-state index in [-0.39, 0.29) is 30.5 Å². The predicted molar refractivity (Wildman–Crippen MR) is 100 cm³/mol. The van der Waals surface area contributed by atoms with E-state index in [1.807, 2.05) is 0 Å². The van der Waals surface area contributed by atoms with Crippen LogP contribution in [0.4, 0.5) is 19.1 Å². The Kier molecular flexibility index (Phi) is 4.99. The van der Waals surface area contributed by atoms with E-state index < -0.39 is 23.3 Å². The summed E-state index contributed by atoms with van der Waals surface area (Å²) in [5.74, 6) is 0.657. The van der Waals surface area contributed by atoms with Gasteiger partial charge in [0.25, 0.3) is 5.91 Å². The lowest BCUT2D eigenvalue weighted by Gasteiger charge is -2.62. The second-order valence-corrected chi connectivity index (χ2v) is 9.06. The molecule has 0 aromatic carbocycles. The molecule has 0 unspecified atom stereocenters. The third-order valence-electron chi connectivity index (χ3n) is 7.25. The number of morpholine rings is 1. The third-order valence-corrected chi connectivity index (χ3v) is 7.25. The number of anilines is 1. The van der Waals surface area contributed by atoms with E-state index >= 15 is 0 Å². The van der Waals surface area contributed by atoms with Crippen molar-refractivity contribution in [3.05, 3.63) is 17.5 Å². The Morgan fingerprint density at radius 2 is 1.97 bits per heavy atom. The highest BCUT2D eigenvalue weighted by atomic mass is 19.4. The van der Waals surface area contributed by atoms with Crippen molar-refractivity contribution in [3.63, 3.8) is 0 Å². The second kappa shape index (κ2) is 7.11. The molecule has 4 atom stereocenters. The molecule has 1 aromatic rings. The van der Waals surface area contributed by atoms with Crippen LogP contribution in [0.3, 0.4) is 0 Å². The van der Waals surface area contributed by atoms with E-state index in [0.717, 1.165) is 12.6 Å². The van der Waals surface area contributed by atoms with Gasteiger partial charge in [0.1, 0.15) is 0 Å². The Hall–Kier alpha value is -1.90. The van der Waals surface area contributed by atoms with Gasteiger partial charge >= 0.3 is 6.18 Å². The zero-order valence-electron chi connectivity index (χ0n) is 16.9. The highest BCUT2D eigenvalue weighted by Gasteiger charge is 2.56. The van der Waals surface area contributed by atoms with Gasteiger partial charge < -0.3 is 15.0 Å². The Balaban J connectivity index is 1.56. The summed E-state index contributed by atoms with van der Waals surface area (Å²) in [5, 5.41) is 3.12. The van der Waals surface area contributed by atoms with Crippen molar-refractivity contribution in [2.75, 3.05) is 31.6 Å². The van der Waals surface area contributed by atoms with Crippen molar-refractivity contribution in [1.29, 1.82) is 0 Å². The normalized spacial score (nSPS) is 31.2. The number of nitrogens with zero attached hydrogens (tertiary/aromatic N) is 3. The van der Waals surface area contributed by atoms with Crippen LogP contribution in [0.25, 0.3) is 0 Å². The minimum absolute atomic E-state index is 0.0358. The minimum Gasteiger partial charge on any atom is -0.378 e. The molecule has 160 valence electrons. The molecule has 6 nitrogen and oxygen atoms in total. The Morgan fingerprint density at radius 1 is 1.28 bits per heavy atom. The maximum absolute atomic E-state index is 13.7. The monoisotopic (exact) mass is 412 g/mol. The summed E-state index contributed by atoms with van der Waals surface area (Å²) >= 11 is 0. The number of fused-ring (bicyclic) bond motifs is 2. The Morgan fingerprint density at radius 3 is 2.55 bits per heavy atom. The number of rotatable bonds is 3. The molecule has 29 heavy (non-hydrogen) atoms. The van der Waals surface area contributed by atoms with Gasteiger partial charge in [-0.2, -0.15) is 13.2 Å². The lowest BCUT2D eigenvalue weighted by molar-refractivity contribution is -0.141. The van der Waals surface area contributed by atoms with Crippen LogP contribution < -0.4 is 5.32 Å². The van der Waals surface area contributed by atoms with Crippen LogP contribution in [0.1, 0.15) is 49.7 Å². The number of carbonyl (C=O) groups is 1. The highest BCUT2D eigenvalue weighted by Crippen LogP contribution is 2.61. The largest absolute Gasteiger partial charge is 0.434 e. The predicted octanol–water partition coefficient (Wildman–Crippen LogP) is 3.45. The fraction of sp³-hybridized carbons (Fsp3) is 0.750. The van der Waals surface area contributed by atoms with Gasteiger partial charge in [-0.05, 0) is 36.0 Å². The SMILES string of the molecule is C[C@@H]1[C@H]2C[C@@H](C[C@H]1Nc1ncc(C(=O)N3CCOCC3)c(C(F)(F)F)n1)C2(C)C. The first-order chi connectivity index (χ1) is 13.6.